The van der Waals surface area contributed by atoms with Crippen molar-refractivity contribution in [1.29, 1.82) is 0 Å². The maximum Gasteiger partial charge on any atom is 0.433 e. The van der Waals surface area contributed by atoms with Crippen molar-refractivity contribution in [3.05, 3.63) is 11.8 Å². The molecule has 0 radical (unpaired) electrons. The molecule has 1 saturated carbocycles. The SMILES string of the molecule is CCNc1nc(OCCC2CCC2)cc(C(F)(F)F)n1. The third kappa shape index (κ3) is 3.98. The molecule has 0 spiro atoms. The van der Waals surface area contributed by atoms with Crippen molar-refractivity contribution in [1.82, 2.24) is 9.97 Å². The van der Waals surface area contributed by atoms with Crippen molar-refractivity contribution < 1.29 is 17.9 Å². The third-order valence-corrected chi connectivity index (χ3v) is 3.33. The minimum atomic E-state index is -4.50. The molecule has 20 heavy (non-hydrogen) atoms. The van der Waals surface area contributed by atoms with E-state index in [4.69, 9.17) is 4.74 Å². The molecule has 1 aromatic rings. The fraction of sp³-hybridized carbons (Fsp3) is 0.692. The van der Waals surface area contributed by atoms with E-state index in [1.165, 1.54) is 19.3 Å². The summed E-state index contributed by atoms with van der Waals surface area (Å²) >= 11 is 0. The van der Waals surface area contributed by atoms with Crippen LogP contribution in [0.25, 0.3) is 0 Å². The van der Waals surface area contributed by atoms with Crippen LogP contribution in [0.5, 0.6) is 5.88 Å². The monoisotopic (exact) mass is 289 g/mol. The van der Waals surface area contributed by atoms with Gasteiger partial charge in [0.2, 0.25) is 11.8 Å². The van der Waals surface area contributed by atoms with E-state index >= 15 is 0 Å². The summed E-state index contributed by atoms with van der Waals surface area (Å²) in [6.45, 7) is 2.61. The largest absolute Gasteiger partial charge is 0.478 e. The third-order valence-electron chi connectivity index (χ3n) is 3.33. The molecule has 1 heterocycles. The molecule has 0 atom stereocenters. The van der Waals surface area contributed by atoms with Crippen LogP contribution >= 0.6 is 0 Å². The Kier molecular flexibility index (Phi) is 4.67. The predicted molar refractivity (Wildman–Crippen MR) is 68.7 cm³/mol. The zero-order valence-electron chi connectivity index (χ0n) is 11.3. The molecule has 0 unspecified atom stereocenters. The normalized spacial score (nSPS) is 15.8. The van der Waals surface area contributed by atoms with Crippen LogP contribution in [0.2, 0.25) is 0 Å². The second-order valence-corrected chi connectivity index (χ2v) is 4.88. The van der Waals surface area contributed by atoms with Crippen molar-refractivity contribution >= 4 is 5.95 Å². The van der Waals surface area contributed by atoms with Gasteiger partial charge in [-0.2, -0.15) is 18.2 Å². The number of nitrogens with zero attached hydrogens (tertiary/aromatic N) is 2. The lowest BCUT2D eigenvalue weighted by Crippen LogP contribution is -2.16. The minimum Gasteiger partial charge on any atom is -0.478 e. The molecule has 0 bridgehead atoms. The minimum absolute atomic E-state index is 0.0254. The first kappa shape index (κ1) is 14.9. The van der Waals surface area contributed by atoms with Crippen molar-refractivity contribution in [2.45, 2.75) is 38.8 Å². The molecule has 1 N–H and O–H groups in total. The fourth-order valence-corrected chi connectivity index (χ4v) is 1.99. The number of rotatable bonds is 6. The van der Waals surface area contributed by atoms with Crippen molar-refractivity contribution in [2.24, 2.45) is 5.92 Å². The number of ether oxygens (including phenoxy) is 1. The Morgan fingerprint density at radius 2 is 2.10 bits per heavy atom. The number of alkyl halides is 3. The van der Waals surface area contributed by atoms with Crippen LogP contribution in [0.15, 0.2) is 6.07 Å². The molecule has 1 aliphatic carbocycles. The highest BCUT2D eigenvalue weighted by atomic mass is 19.4. The first-order valence-corrected chi connectivity index (χ1v) is 6.82. The highest BCUT2D eigenvalue weighted by Crippen LogP contribution is 2.31. The van der Waals surface area contributed by atoms with Gasteiger partial charge in [0.25, 0.3) is 0 Å². The standard InChI is InChI=1S/C13H18F3N3O/c1-2-17-12-18-10(13(14,15)16)8-11(19-12)20-7-6-9-4-3-5-9/h8-9H,2-7H2,1H3,(H,17,18,19). The Bertz CT molecular complexity index is 447. The smallest absolute Gasteiger partial charge is 0.433 e. The number of anilines is 1. The molecule has 1 aromatic heterocycles. The summed E-state index contributed by atoms with van der Waals surface area (Å²) in [7, 11) is 0. The van der Waals surface area contributed by atoms with Crippen LogP contribution in [-0.2, 0) is 6.18 Å². The summed E-state index contributed by atoms with van der Waals surface area (Å²) in [6, 6.07) is 0.849. The van der Waals surface area contributed by atoms with Crippen LogP contribution in [0.4, 0.5) is 19.1 Å². The topological polar surface area (TPSA) is 47.0 Å². The summed E-state index contributed by atoms with van der Waals surface area (Å²) in [5, 5.41) is 2.68. The van der Waals surface area contributed by atoms with Gasteiger partial charge in [0.05, 0.1) is 6.61 Å². The van der Waals surface area contributed by atoms with E-state index in [1.807, 2.05) is 0 Å². The Labute approximate surface area is 115 Å². The molecular formula is C13H18F3N3O. The quantitative estimate of drug-likeness (QED) is 0.870. The van der Waals surface area contributed by atoms with Crippen LogP contribution in [-0.4, -0.2) is 23.1 Å². The maximum absolute atomic E-state index is 12.7. The van der Waals surface area contributed by atoms with Crippen molar-refractivity contribution in [2.75, 3.05) is 18.5 Å². The molecule has 7 heteroatoms. The number of aromatic nitrogens is 2. The van der Waals surface area contributed by atoms with Crippen LogP contribution < -0.4 is 10.1 Å². The molecule has 1 aliphatic rings. The lowest BCUT2D eigenvalue weighted by molar-refractivity contribution is -0.141. The maximum atomic E-state index is 12.7. The number of hydrogen-bond acceptors (Lipinski definition) is 4. The highest BCUT2D eigenvalue weighted by molar-refractivity contribution is 5.31. The van der Waals surface area contributed by atoms with Gasteiger partial charge < -0.3 is 10.1 Å². The van der Waals surface area contributed by atoms with E-state index < -0.39 is 11.9 Å². The summed E-state index contributed by atoms with van der Waals surface area (Å²) < 4.78 is 43.5. The van der Waals surface area contributed by atoms with Crippen molar-refractivity contribution in [3.63, 3.8) is 0 Å². The second-order valence-electron chi connectivity index (χ2n) is 4.88. The molecule has 0 amide bonds. The van der Waals surface area contributed by atoms with E-state index in [-0.39, 0.29) is 11.8 Å². The Morgan fingerprint density at radius 3 is 2.65 bits per heavy atom. The van der Waals surface area contributed by atoms with Gasteiger partial charge >= 0.3 is 6.18 Å². The first-order valence-electron chi connectivity index (χ1n) is 6.82. The highest BCUT2D eigenvalue weighted by Gasteiger charge is 2.34. The number of halogens is 3. The van der Waals surface area contributed by atoms with Gasteiger partial charge in [-0.1, -0.05) is 19.3 Å². The summed E-state index contributed by atoms with van der Waals surface area (Å²) in [4.78, 5) is 7.37. The van der Waals surface area contributed by atoms with Crippen molar-refractivity contribution in [3.8, 4) is 5.88 Å². The summed E-state index contributed by atoms with van der Waals surface area (Å²) in [5.41, 5.74) is -0.984. The van der Waals surface area contributed by atoms with Gasteiger partial charge in [-0.05, 0) is 19.3 Å². The fourth-order valence-electron chi connectivity index (χ4n) is 1.99. The van der Waals surface area contributed by atoms with E-state index in [9.17, 15) is 13.2 Å². The zero-order valence-corrected chi connectivity index (χ0v) is 11.3. The zero-order chi connectivity index (χ0) is 14.6. The van der Waals surface area contributed by atoms with Crippen LogP contribution in [0.3, 0.4) is 0 Å². The first-order chi connectivity index (χ1) is 9.49. The van der Waals surface area contributed by atoms with Crippen LogP contribution in [0, 0.1) is 5.92 Å². The summed E-state index contributed by atoms with van der Waals surface area (Å²) in [5.74, 6) is 0.565. The lowest BCUT2D eigenvalue weighted by Gasteiger charge is -2.24. The summed E-state index contributed by atoms with van der Waals surface area (Å²) in [6.07, 6.45) is -0.0325. The predicted octanol–water partition coefficient (Wildman–Crippen LogP) is 3.50. The molecule has 0 aliphatic heterocycles. The van der Waals surface area contributed by atoms with Gasteiger partial charge in [0, 0.05) is 12.6 Å². The number of nitrogens with one attached hydrogen (secondary N) is 1. The van der Waals surface area contributed by atoms with E-state index in [1.54, 1.807) is 6.92 Å². The van der Waals surface area contributed by atoms with E-state index in [2.05, 4.69) is 15.3 Å². The lowest BCUT2D eigenvalue weighted by atomic mass is 9.83. The second kappa shape index (κ2) is 6.28. The van der Waals surface area contributed by atoms with Gasteiger partial charge in [-0.15, -0.1) is 0 Å². The molecule has 0 aromatic carbocycles. The number of hydrogen-bond donors (Lipinski definition) is 1. The van der Waals surface area contributed by atoms with Gasteiger partial charge in [0.15, 0.2) is 5.69 Å². The average molecular weight is 289 g/mol. The van der Waals surface area contributed by atoms with Gasteiger partial charge in [-0.25, -0.2) is 4.98 Å². The Morgan fingerprint density at radius 1 is 1.35 bits per heavy atom. The molecular weight excluding hydrogens is 271 g/mol. The molecule has 0 saturated heterocycles. The van der Waals surface area contributed by atoms with Gasteiger partial charge in [-0.3, -0.25) is 0 Å². The average Bonchev–Trinajstić information content (AvgIpc) is 2.31. The van der Waals surface area contributed by atoms with Gasteiger partial charge in [0.1, 0.15) is 0 Å². The van der Waals surface area contributed by atoms with E-state index in [0.29, 0.717) is 19.1 Å². The molecule has 2 rings (SSSR count). The Balaban J connectivity index is 2.03. The van der Waals surface area contributed by atoms with E-state index in [0.717, 1.165) is 12.5 Å². The Hall–Kier alpha value is -1.53. The molecule has 4 nitrogen and oxygen atoms in total. The molecule has 112 valence electrons. The van der Waals surface area contributed by atoms with Crippen LogP contribution in [0.1, 0.15) is 38.3 Å². The molecule has 1 fully saturated rings.